The number of aliphatic hydroxyl groups excluding tert-OH is 1. The molecule has 0 unspecified atom stereocenters. The monoisotopic (exact) mass is 411 g/mol. The molecule has 5 fully saturated rings. The van der Waals surface area contributed by atoms with Gasteiger partial charge in [0, 0.05) is 13.2 Å². The van der Waals surface area contributed by atoms with Crippen molar-refractivity contribution in [2.24, 2.45) is 29.1 Å². The maximum atomic E-state index is 10.5. The Labute approximate surface area is 183 Å². The van der Waals surface area contributed by atoms with Gasteiger partial charge in [-0.25, -0.2) is 0 Å². The summed E-state index contributed by atoms with van der Waals surface area (Å²) in [6.45, 7) is 4.36. The molecule has 0 radical (unpaired) electrons. The number of piperidine rings is 1. The lowest BCUT2D eigenvalue weighted by Crippen LogP contribution is -2.46. The van der Waals surface area contributed by atoms with Crippen molar-refractivity contribution in [3.05, 3.63) is 35.9 Å². The number of aliphatic hydroxyl groups is 1. The smallest absolute Gasteiger partial charge is 0.0900 e. The third-order valence-corrected chi connectivity index (χ3v) is 8.80. The van der Waals surface area contributed by atoms with Gasteiger partial charge in [0.05, 0.1) is 12.7 Å². The lowest BCUT2D eigenvalue weighted by molar-refractivity contribution is -0.0743. The van der Waals surface area contributed by atoms with E-state index >= 15 is 0 Å². The molecule has 1 aromatic rings. The largest absolute Gasteiger partial charge is 0.389 e. The van der Waals surface area contributed by atoms with Gasteiger partial charge in [0.1, 0.15) is 0 Å². The molecule has 5 aliphatic rings. The van der Waals surface area contributed by atoms with Gasteiger partial charge >= 0.3 is 0 Å². The summed E-state index contributed by atoms with van der Waals surface area (Å²) >= 11 is 0. The second-order valence-electron chi connectivity index (χ2n) is 11.3. The number of β-amino-alcohol motifs (C(OH)–C–C–N with tert-alkyl or cyclic N) is 1. The van der Waals surface area contributed by atoms with E-state index in [0.717, 1.165) is 49.9 Å². The molecule has 0 aromatic heterocycles. The van der Waals surface area contributed by atoms with E-state index in [4.69, 9.17) is 4.74 Å². The van der Waals surface area contributed by atoms with Crippen LogP contribution in [0.2, 0.25) is 0 Å². The SMILES string of the molecule is O[C@H](COCCC12CC3CC(CC(C3)C1)C2)CN1CCC(Cc2ccccc2)CC1. The highest BCUT2D eigenvalue weighted by Crippen LogP contribution is 2.61. The molecule has 166 valence electrons. The van der Waals surface area contributed by atoms with Crippen LogP contribution in [0.1, 0.15) is 63.4 Å². The molecule has 4 saturated carbocycles. The zero-order chi connectivity index (χ0) is 20.4. The van der Waals surface area contributed by atoms with E-state index in [1.807, 2.05) is 0 Å². The summed E-state index contributed by atoms with van der Waals surface area (Å²) in [6.07, 6.45) is 13.5. The van der Waals surface area contributed by atoms with Crippen LogP contribution in [0.4, 0.5) is 0 Å². The second-order valence-corrected chi connectivity index (χ2v) is 11.3. The summed E-state index contributed by atoms with van der Waals surface area (Å²) in [5.74, 6) is 3.85. The van der Waals surface area contributed by atoms with Crippen molar-refractivity contribution in [1.82, 2.24) is 4.90 Å². The van der Waals surface area contributed by atoms with Crippen LogP contribution in [0.3, 0.4) is 0 Å². The fraction of sp³-hybridized carbons (Fsp3) is 0.778. The first-order valence-electron chi connectivity index (χ1n) is 12.7. The molecular formula is C27H41NO2. The summed E-state index contributed by atoms with van der Waals surface area (Å²) in [4.78, 5) is 2.44. The van der Waals surface area contributed by atoms with Crippen molar-refractivity contribution in [2.45, 2.75) is 70.3 Å². The van der Waals surface area contributed by atoms with Gasteiger partial charge < -0.3 is 14.7 Å². The lowest BCUT2D eigenvalue weighted by Gasteiger charge is -2.57. The lowest BCUT2D eigenvalue weighted by atomic mass is 9.49. The average molecular weight is 412 g/mol. The van der Waals surface area contributed by atoms with Gasteiger partial charge in [-0.15, -0.1) is 0 Å². The first-order valence-corrected chi connectivity index (χ1v) is 12.7. The second kappa shape index (κ2) is 9.30. The highest BCUT2D eigenvalue weighted by Gasteiger charge is 2.50. The number of nitrogens with zero attached hydrogens (tertiary/aromatic N) is 1. The van der Waals surface area contributed by atoms with Gasteiger partial charge in [0.15, 0.2) is 0 Å². The van der Waals surface area contributed by atoms with Crippen LogP contribution in [0.25, 0.3) is 0 Å². The number of hydrogen-bond acceptors (Lipinski definition) is 3. The Balaban J connectivity index is 0.972. The number of hydrogen-bond donors (Lipinski definition) is 1. The molecule has 4 aliphatic carbocycles. The predicted molar refractivity (Wildman–Crippen MR) is 121 cm³/mol. The van der Waals surface area contributed by atoms with Crippen LogP contribution in [0, 0.1) is 29.1 Å². The third-order valence-electron chi connectivity index (χ3n) is 8.80. The van der Waals surface area contributed by atoms with Crippen LogP contribution in [-0.2, 0) is 11.2 Å². The Morgan fingerprint density at radius 3 is 2.23 bits per heavy atom. The van der Waals surface area contributed by atoms with Crippen LogP contribution in [0.5, 0.6) is 0 Å². The molecule has 6 rings (SSSR count). The summed E-state index contributed by atoms with van der Waals surface area (Å²) in [6, 6.07) is 10.9. The van der Waals surface area contributed by atoms with E-state index < -0.39 is 0 Å². The van der Waals surface area contributed by atoms with E-state index in [0.29, 0.717) is 12.0 Å². The van der Waals surface area contributed by atoms with Crippen molar-refractivity contribution < 1.29 is 9.84 Å². The van der Waals surface area contributed by atoms with Crippen molar-refractivity contribution in [3.8, 4) is 0 Å². The molecule has 1 saturated heterocycles. The molecule has 3 heteroatoms. The first kappa shape index (κ1) is 21.0. The van der Waals surface area contributed by atoms with Gasteiger partial charge in [-0.05, 0) is 112 Å². The van der Waals surface area contributed by atoms with Crippen molar-refractivity contribution in [2.75, 3.05) is 32.8 Å². The highest BCUT2D eigenvalue weighted by molar-refractivity contribution is 5.15. The van der Waals surface area contributed by atoms with Crippen LogP contribution >= 0.6 is 0 Å². The summed E-state index contributed by atoms with van der Waals surface area (Å²) in [5, 5.41) is 10.5. The quantitative estimate of drug-likeness (QED) is 0.585. The molecule has 1 N–H and O–H groups in total. The van der Waals surface area contributed by atoms with Crippen LogP contribution < -0.4 is 0 Å². The Morgan fingerprint density at radius 2 is 1.60 bits per heavy atom. The molecule has 0 spiro atoms. The minimum Gasteiger partial charge on any atom is -0.389 e. The van der Waals surface area contributed by atoms with E-state index in [2.05, 4.69) is 35.2 Å². The molecule has 4 bridgehead atoms. The topological polar surface area (TPSA) is 32.7 Å². The fourth-order valence-electron chi connectivity index (χ4n) is 7.78. The fourth-order valence-corrected chi connectivity index (χ4v) is 7.78. The van der Waals surface area contributed by atoms with E-state index in [1.165, 1.54) is 69.8 Å². The predicted octanol–water partition coefficient (Wildman–Crippen LogP) is 4.93. The maximum absolute atomic E-state index is 10.5. The van der Waals surface area contributed by atoms with Crippen LogP contribution in [0.15, 0.2) is 30.3 Å². The summed E-state index contributed by atoms with van der Waals surface area (Å²) in [7, 11) is 0. The molecule has 1 aliphatic heterocycles. The molecule has 0 amide bonds. The standard InChI is InChI=1S/C27H41NO2/c29-26(19-28-9-6-22(7-10-28)12-21-4-2-1-3-5-21)20-30-11-8-27-16-23-13-24(17-27)15-25(14-23)18-27/h1-5,22-26,29H,6-20H2/t23?,24?,25?,26-,27?/m0/s1. The molecule has 1 atom stereocenters. The minimum atomic E-state index is -0.341. The van der Waals surface area contributed by atoms with E-state index in [-0.39, 0.29) is 6.10 Å². The normalized spacial score (nSPS) is 35.0. The van der Waals surface area contributed by atoms with Gasteiger partial charge in [-0.1, -0.05) is 30.3 Å². The Bertz CT molecular complexity index is 631. The Morgan fingerprint density at radius 1 is 0.967 bits per heavy atom. The highest BCUT2D eigenvalue weighted by atomic mass is 16.5. The number of likely N-dealkylation sites (tertiary alicyclic amines) is 1. The molecule has 3 nitrogen and oxygen atoms in total. The molecule has 1 heterocycles. The van der Waals surface area contributed by atoms with Crippen LogP contribution in [-0.4, -0.2) is 49.0 Å². The van der Waals surface area contributed by atoms with Crippen molar-refractivity contribution in [3.63, 3.8) is 0 Å². The zero-order valence-corrected chi connectivity index (χ0v) is 18.7. The van der Waals surface area contributed by atoms with E-state index in [9.17, 15) is 5.11 Å². The summed E-state index contributed by atoms with van der Waals surface area (Å²) < 4.78 is 6.00. The molecule has 1 aromatic carbocycles. The zero-order valence-electron chi connectivity index (χ0n) is 18.7. The van der Waals surface area contributed by atoms with Crippen molar-refractivity contribution >= 4 is 0 Å². The van der Waals surface area contributed by atoms with Gasteiger partial charge in [-0.2, -0.15) is 0 Å². The number of ether oxygens (including phenoxy) is 1. The van der Waals surface area contributed by atoms with Gasteiger partial charge in [0.25, 0.3) is 0 Å². The van der Waals surface area contributed by atoms with Crippen molar-refractivity contribution in [1.29, 1.82) is 0 Å². The first-order chi connectivity index (χ1) is 14.7. The Hall–Kier alpha value is -0.900. The van der Waals surface area contributed by atoms with Gasteiger partial charge in [0.2, 0.25) is 0 Å². The molecule has 30 heavy (non-hydrogen) atoms. The number of benzene rings is 1. The summed E-state index contributed by atoms with van der Waals surface area (Å²) in [5.41, 5.74) is 2.06. The third kappa shape index (κ3) is 5.11. The Kier molecular flexibility index (Phi) is 6.50. The van der Waals surface area contributed by atoms with Gasteiger partial charge in [-0.3, -0.25) is 0 Å². The average Bonchev–Trinajstić information content (AvgIpc) is 2.73. The minimum absolute atomic E-state index is 0.341. The maximum Gasteiger partial charge on any atom is 0.0900 e. The number of rotatable bonds is 9. The van der Waals surface area contributed by atoms with E-state index in [1.54, 1.807) is 0 Å². The molecular weight excluding hydrogens is 370 g/mol.